The molecule has 0 saturated carbocycles. The van der Waals surface area contributed by atoms with Crippen LogP contribution in [0.2, 0.25) is 0 Å². The van der Waals surface area contributed by atoms with E-state index in [0.717, 1.165) is 0 Å². The van der Waals surface area contributed by atoms with Crippen molar-refractivity contribution in [1.29, 1.82) is 0 Å². The Bertz CT molecular complexity index is 476. The van der Waals surface area contributed by atoms with Crippen molar-refractivity contribution in [3.63, 3.8) is 0 Å². The number of hydrogen-bond donors (Lipinski definition) is 3. The molecule has 2 rings (SSSR count). The lowest BCUT2D eigenvalue weighted by Crippen LogP contribution is -2.45. The maximum absolute atomic E-state index is 11.4. The number of furan rings is 1. The van der Waals surface area contributed by atoms with Gasteiger partial charge in [-0.1, -0.05) is 6.92 Å². The number of hydrogen-bond acceptors (Lipinski definition) is 3. The van der Waals surface area contributed by atoms with E-state index in [4.69, 9.17) is 4.42 Å². The van der Waals surface area contributed by atoms with Crippen LogP contribution in [0.25, 0.3) is 0 Å². The molecule has 0 aliphatic carbocycles. The molecule has 1 aromatic heterocycles. The van der Waals surface area contributed by atoms with Gasteiger partial charge in [0.05, 0.1) is 11.8 Å². The molecule has 17 heavy (non-hydrogen) atoms. The number of aliphatic carboxylic acids is 1. The Labute approximate surface area is 97.3 Å². The summed E-state index contributed by atoms with van der Waals surface area (Å²) in [6, 6.07) is 2.11. The van der Waals surface area contributed by atoms with E-state index < -0.39 is 18.0 Å². The van der Waals surface area contributed by atoms with Crippen LogP contribution in [-0.2, 0) is 4.79 Å². The number of carboxylic acid groups (broad SMARTS) is 1. The fourth-order valence-corrected chi connectivity index (χ4v) is 1.82. The Morgan fingerprint density at radius 2 is 2.35 bits per heavy atom. The molecule has 1 atom stereocenters. The Morgan fingerprint density at radius 1 is 1.59 bits per heavy atom. The number of carbonyl (C=O) groups excluding carboxylic acids is 1. The zero-order chi connectivity index (χ0) is 12.4. The summed E-state index contributed by atoms with van der Waals surface area (Å²) < 4.78 is 5.15. The molecule has 0 spiro atoms. The SMILES string of the molecule is CCC1=C(C(=O)O)C(c2ccco2)NC(=O)N1. The summed E-state index contributed by atoms with van der Waals surface area (Å²) in [5, 5.41) is 14.2. The number of rotatable bonds is 3. The number of nitrogens with one attached hydrogen (secondary N) is 2. The molecule has 0 radical (unpaired) electrons. The Balaban J connectivity index is 2.48. The van der Waals surface area contributed by atoms with E-state index in [1.54, 1.807) is 19.1 Å². The van der Waals surface area contributed by atoms with Crippen molar-refractivity contribution in [3.05, 3.63) is 35.4 Å². The van der Waals surface area contributed by atoms with Gasteiger partial charge in [-0.05, 0) is 18.6 Å². The van der Waals surface area contributed by atoms with E-state index in [0.29, 0.717) is 17.9 Å². The molecule has 0 saturated heterocycles. The van der Waals surface area contributed by atoms with E-state index in [1.807, 2.05) is 0 Å². The zero-order valence-corrected chi connectivity index (χ0v) is 9.19. The fraction of sp³-hybridized carbons (Fsp3) is 0.273. The van der Waals surface area contributed by atoms with Gasteiger partial charge in [-0.25, -0.2) is 9.59 Å². The summed E-state index contributed by atoms with van der Waals surface area (Å²) in [6.45, 7) is 1.78. The minimum Gasteiger partial charge on any atom is -0.478 e. The molecule has 1 aliphatic rings. The zero-order valence-electron chi connectivity index (χ0n) is 9.19. The highest BCUT2D eigenvalue weighted by molar-refractivity contribution is 5.93. The first-order valence-corrected chi connectivity index (χ1v) is 5.20. The molecule has 1 aromatic rings. The number of carboxylic acids is 1. The molecule has 0 bridgehead atoms. The summed E-state index contributed by atoms with van der Waals surface area (Å²) >= 11 is 0. The van der Waals surface area contributed by atoms with Gasteiger partial charge in [0.1, 0.15) is 11.8 Å². The first-order chi connectivity index (χ1) is 8.13. The molecular formula is C11H12N2O4. The standard InChI is InChI=1S/C11H12N2O4/c1-2-6-8(10(14)15)9(13-11(16)12-6)7-4-3-5-17-7/h3-5,9H,2H2,1H3,(H,14,15)(H2,12,13,16). The monoisotopic (exact) mass is 236 g/mol. The smallest absolute Gasteiger partial charge is 0.335 e. The second-order valence-electron chi connectivity index (χ2n) is 3.60. The van der Waals surface area contributed by atoms with E-state index >= 15 is 0 Å². The van der Waals surface area contributed by atoms with Gasteiger partial charge in [0.25, 0.3) is 0 Å². The Kier molecular flexibility index (Phi) is 2.86. The third-order valence-corrected chi connectivity index (χ3v) is 2.57. The van der Waals surface area contributed by atoms with Gasteiger partial charge in [-0.2, -0.15) is 0 Å². The van der Waals surface area contributed by atoms with Crippen LogP contribution in [0, 0.1) is 0 Å². The minimum absolute atomic E-state index is 0.113. The van der Waals surface area contributed by atoms with Crippen LogP contribution in [0.5, 0.6) is 0 Å². The second kappa shape index (κ2) is 4.32. The van der Waals surface area contributed by atoms with Gasteiger partial charge in [-0.15, -0.1) is 0 Å². The van der Waals surface area contributed by atoms with Crippen LogP contribution in [0.15, 0.2) is 34.1 Å². The van der Waals surface area contributed by atoms with Crippen molar-refractivity contribution in [1.82, 2.24) is 10.6 Å². The van der Waals surface area contributed by atoms with Gasteiger partial charge < -0.3 is 20.2 Å². The molecule has 2 amide bonds. The van der Waals surface area contributed by atoms with Crippen LogP contribution >= 0.6 is 0 Å². The topological polar surface area (TPSA) is 91.6 Å². The summed E-state index contributed by atoms with van der Waals surface area (Å²) in [6.07, 6.45) is 1.88. The fourth-order valence-electron chi connectivity index (χ4n) is 1.82. The largest absolute Gasteiger partial charge is 0.478 e. The average molecular weight is 236 g/mol. The third kappa shape index (κ3) is 2.01. The van der Waals surface area contributed by atoms with Crippen LogP contribution in [0.4, 0.5) is 4.79 Å². The van der Waals surface area contributed by atoms with Gasteiger partial charge >= 0.3 is 12.0 Å². The Hall–Kier alpha value is -2.24. The normalized spacial score (nSPS) is 19.8. The van der Waals surface area contributed by atoms with Crippen molar-refractivity contribution >= 4 is 12.0 Å². The number of urea groups is 1. The molecule has 3 N–H and O–H groups in total. The lowest BCUT2D eigenvalue weighted by atomic mass is 9.99. The number of amides is 2. The van der Waals surface area contributed by atoms with Gasteiger partial charge in [0.15, 0.2) is 0 Å². The summed E-state index contributed by atoms with van der Waals surface area (Å²) in [4.78, 5) is 22.7. The average Bonchev–Trinajstić information content (AvgIpc) is 2.80. The minimum atomic E-state index is -1.07. The van der Waals surface area contributed by atoms with Crippen LogP contribution in [-0.4, -0.2) is 17.1 Å². The first-order valence-electron chi connectivity index (χ1n) is 5.20. The predicted octanol–water partition coefficient (Wildman–Crippen LogP) is 1.38. The maximum atomic E-state index is 11.4. The van der Waals surface area contributed by atoms with E-state index in [2.05, 4.69) is 10.6 Å². The first kappa shape index (κ1) is 11.3. The summed E-state index contributed by atoms with van der Waals surface area (Å²) in [7, 11) is 0. The van der Waals surface area contributed by atoms with Crippen LogP contribution < -0.4 is 10.6 Å². The number of carbonyl (C=O) groups is 2. The highest BCUT2D eigenvalue weighted by Crippen LogP contribution is 2.27. The third-order valence-electron chi connectivity index (χ3n) is 2.57. The summed E-state index contributed by atoms with van der Waals surface area (Å²) in [5.74, 6) is -0.668. The van der Waals surface area contributed by atoms with Crippen LogP contribution in [0.1, 0.15) is 25.1 Å². The summed E-state index contributed by atoms with van der Waals surface area (Å²) in [5.41, 5.74) is 0.518. The molecule has 6 heteroatoms. The van der Waals surface area contributed by atoms with Crippen molar-refractivity contribution in [2.24, 2.45) is 0 Å². The molecular weight excluding hydrogens is 224 g/mol. The van der Waals surface area contributed by atoms with E-state index in [9.17, 15) is 14.7 Å². The highest BCUT2D eigenvalue weighted by Gasteiger charge is 2.33. The molecule has 0 aromatic carbocycles. The lowest BCUT2D eigenvalue weighted by molar-refractivity contribution is -0.133. The highest BCUT2D eigenvalue weighted by atomic mass is 16.4. The van der Waals surface area contributed by atoms with Crippen molar-refractivity contribution in [2.75, 3.05) is 0 Å². The quantitative estimate of drug-likeness (QED) is 0.739. The lowest BCUT2D eigenvalue weighted by Gasteiger charge is -2.26. The maximum Gasteiger partial charge on any atom is 0.335 e. The molecule has 1 unspecified atom stereocenters. The molecule has 90 valence electrons. The second-order valence-corrected chi connectivity index (χ2v) is 3.60. The van der Waals surface area contributed by atoms with Crippen LogP contribution in [0.3, 0.4) is 0 Å². The van der Waals surface area contributed by atoms with E-state index in [-0.39, 0.29) is 5.57 Å². The predicted molar refractivity (Wildman–Crippen MR) is 58.1 cm³/mol. The molecule has 0 fully saturated rings. The van der Waals surface area contributed by atoms with Gasteiger partial charge in [0.2, 0.25) is 0 Å². The number of allylic oxidation sites excluding steroid dienone is 1. The van der Waals surface area contributed by atoms with Gasteiger partial charge in [0, 0.05) is 5.70 Å². The molecule has 6 nitrogen and oxygen atoms in total. The van der Waals surface area contributed by atoms with Crippen molar-refractivity contribution < 1.29 is 19.1 Å². The van der Waals surface area contributed by atoms with E-state index in [1.165, 1.54) is 6.26 Å². The van der Waals surface area contributed by atoms with Crippen molar-refractivity contribution in [2.45, 2.75) is 19.4 Å². The Morgan fingerprint density at radius 3 is 2.88 bits per heavy atom. The molecule has 2 heterocycles. The van der Waals surface area contributed by atoms with Gasteiger partial charge in [-0.3, -0.25) is 0 Å². The van der Waals surface area contributed by atoms with Crippen molar-refractivity contribution in [3.8, 4) is 0 Å². The molecule has 1 aliphatic heterocycles.